The molecule has 0 bridgehead atoms. The minimum Gasteiger partial charge on any atom is -0.309 e. The lowest BCUT2D eigenvalue weighted by Crippen LogP contribution is -2.26. The van der Waals surface area contributed by atoms with Crippen molar-refractivity contribution < 1.29 is 0 Å². The molecule has 1 aromatic rings. The van der Waals surface area contributed by atoms with E-state index < -0.39 is 0 Å². The van der Waals surface area contributed by atoms with Gasteiger partial charge in [0.2, 0.25) is 0 Å². The van der Waals surface area contributed by atoms with Gasteiger partial charge in [0.1, 0.15) is 5.82 Å². The lowest BCUT2D eigenvalue weighted by molar-refractivity contribution is 0.569. The number of nitrogens with zero attached hydrogens (tertiary/aromatic N) is 1. The zero-order valence-electron chi connectivity index (χ0n) is 9.85. The van der Waals surface area contributed by atoms with Crippen molar-refractivity contribution >= 4 is 0 Å². The first-order valence-electron chi connectivity index (χ1n) is 5.36. The van der Waals surface area contributed by atoms with Gasteiger partial charge in [0.05, 0.1) is 12.2 Å². The summed E-state index contributed by atoms with van der Waals surface area (Å²) in [4.78, 5) is 18.7. The summed E-state index contributed by atoms with van der Waals surface area (Å²) in [5.74, 6) is 0.719. The number of aromatic nitrogens is 2. The van der Waals surface area contributed by atoms with Crippen LogP contribution in [0.3, 0.4) is 0 Å². The SMILES string of the molecule is CCc1nc(CNC(C)C)[nH]c(=O)c1C. The molecule has 0 saturated heterocycles. The average Bonchev–Trinajstić information content (AvgIpc) is 2.19. The van der Waals surface area contributed by atoms with Gasteiger partial charge in [0.15, 0.2) is 0 Å². The van der Waals surface area contributed by atoms with E-state index in [1.54, 1.807) is 0 Å². The van der Waals surface area contributed by atoms with E-state index in [0.29, 0.717) is 12.6 Å². The highest BCUT2D eigenvalue weighted by molar-refractivity contribution is 5.15. The Kier molecular flexibility index (Phi) is 4.03. The minimum atomic E-state index is -0.0255. The maximum Gasteiger partial charge on any atom is 0.254 e. The number of nitrogens with one attached hydrogen (secondary N) is 2. The fourth-order valence-electron chi connectivity index (χ4n) is 1.36. The molecular formula is C11H19N3O. The van der Waals surface area contributed by atoms with Crippen molar-refractivity contribution in [1.82, 2.24) is 15.3 Å². The van der Waals surface area contributed by atoms with E-state index in [1.807, 2.05) is 13.8 Å². The van der Waals surface area contributed by atoms with Crippen molar-refractivity contribution in [3.63, 3.8) is 0 Å². The first kappa shape index (κ1) is 11.9. The summed E-state index contributed by atoms with van der Waals surface area (Å²) >= 11 is 0. The summed E-state index contributed by atoms with van der Waals surface area (Å²) < 4.78 is 0. The standard InChI is InChI=1S/C11H19N3O/c1-5-9-8(4)11(15)14-10(13-9)6-12-7(2)3/h7,12H,5-6H2,1-4H3,(H,13,14,15). The second-order valence-electron chi connectivity index (χ2n) is 3.97. The zero-order chi connectivity index (χ0) is 11.4. The van der Waals surface area contributed by atoms with Crippen LogP contribution in [0.5, 0.6) is 0 Å². The van der Waals surface area contributed by atoms with Crippen LogP contribution >= 0.6 is 0 Å². The van der Waals surface area contributed by atoms with Gasteiger partial charge in [-0.15, -0.1) is 0 Å². The Balaban J connectivity index is 2.91. The molecule has 0 radical (unpaired) electrons. The molecule has 0 atom stereocenters. The third-order valence-electron chi connectivity index (χ3n) is 2.31. The van der Waals surface area contributed by atoms with Crippen molar-refractivity contribution in [3.05, 3.63) is 27.4 Å². The highest BCUT2D eigenvalue weighted by atomic mass is 16.1. The van der Waals surface area contributed by atoms with Crippen LogP contribution in [-0.2, 0) is 13.0 Å². The molecule has 2 N–H and O–H groups in total. The van der Waals surface area contributed by atoms with Gasteiger partial charge in [-0.1, -0.05) is 20.8 Å². The van der Waals surface area contributed by atoms with Gasteiger partial charge in [-0.3, -0.25) is 4.79 Å². The molecule has 4 heteroatoms. The van der Waals surface area contributed by atoms with Crippen molar-refractivity contribution in [3.8, 4) is 0 Å². The first-order chi connectivity index (χ1) is 7.04. The summed E-state index contributed by atoms with van der Waals surface area (Å²) in [5.41, 5.74) is 1.59. The zero-order valence-corrected chi connectivity index (χ0v) is 9.85. The molecule has 0 aromatic carbocycles. The Bertz CT molecular complexity index is 382. The van der Waals surface area contributed by atoms with Gasteiger partial charge >= 0.3 is 0 Å². The Labute approximate surface area is 90.1 Å². The average molecular weight is 209 g/mol. The van der Waals surface area contributed by atoms with Gasteiger partial charge in [0, 0.05) is 11.6 Å². The first-order valence-corrected chi connectivity index (χ1v) is 5.36. The minimum absolute atomic E-state index is 0.0255. The van der Waals surface area contributed by atoms with Gasteiger partial charge in [-0.25, -0.2) is 4.98 Å². The van der Waals surface area contributed by atoms with Crippen LogP contribution in [0.2, 0.25) is 0 Å². The van der Waals surface area contributed by atoms with E-state index in [9.17, 15) is 4.79 Å². The van der Waals surface area contributed by atoms with Crippen LogP contribution in [0.25, 0.3) is 0 Å². The molecular weight excluding hydrogens is 190 g/mol. The molecule has 1 heterocycles. The molecule has 0 saturated carbocycles. The van der Waals surface area contributed by atoms with E-state index in [-0.39, 0.29) is 5.56 Å². The molecule has 0 amide bonds. The highest BCUT2D eigenvalue weighted by Crippen LogP contribution is 2.00. The number of aromatic amines is 1. The van der Waals surface area contributed by atoms with E-state index in [4.69, 9.17) is 0 Å². The summed E-state index contributed by atoms with van der Waals surface area (Å²) in [6, 6.07) is 0.390. The van der Waals surface area contributed by atoms with Crippen LogP contribution in [0.4, 0.5) is 0 Å². The number of hydrogen-bond donors (Lipinski definition) is 2. The molecule has 0 aliphatic heterocycles. The molecule has 4 nitrogen and oxygen atoms in total. The molecule has 0 aliphatic carbocycles. The molecule has 0 unspecified atom stereocenters. The third-order valence-corrected chi connectivity index (χ3v) is 2.31. The van der Waals surface area contributed by atoms with Crippen molar-refractivity contribution in [2.75, 3.05) is 0 Å². The predicted molar refractivity (Wildman–Crippen MR) is 60.9 cm³/mol. The van der Waals surface area contributed by atoms with Crippen LogP contribution in [-0.4, -0.2) is 16.0 Å². The quantitative estimate of drug-likeness (QED) is 0.781. The number of rotatable bonds is 4. The van der Waals surface area contributed by atoms with E-state index in [1.165, 1.54) is 0 Å². The lowest BCUT2D eigenvalue weighted by atomic mass is 10.2. The monoisotopic (exact) mass is 209 g/mol. The largest absolute Gasteiger partial charge is 0.309 e. The fourth-order valence-corrected chi connectivity index (χ4v) is 1.36. The Morgan fingerprint density at radius 3 is 2.67 bits per heavy atom. The molecule has 0 spiro atoms. The molecule has 84 valence electrons. The second-order valence-corrected chi connectivity index (χ2v) is 3.97. The normalized spacial score (nSPS) is 11.0. The van der Waals surface area contributed by atoms with Gasteiger partial charge in [-0.2, -0.15) is 0 Å². The van der Waals surface area contributed by atoms with E-state index >= 15 is 0 Å². The van der Waals surface area contributed by atoms with E-state index in [0.717, 1.165) is 23.5 Å². The Morgan fingerprint density at radius 2 is 2.13 bits per heavy atom. The summed E-state index contributed by atoms with van der Waals surface area (Å²) in [7, 11) is 0. The lowest BCUT2D eigenvalue weighted by Gasteiger charge is -2.09. The molecule has 0 aliphatic rings. The van der Waals surface area contributed by atoms with Crippen molar-refractivity contribution in [2.24, 2.45) is 0 Å². The van der Waals surface area contributed by atoms with Gasteiger partial charge < -0.3 is 10.3 Å². The van der Waals surface area contributed by atoms with Crippen molar-refractivity contribution in [2.45, 2.75) is 46.7 Å². The summed E-state index contributed by atoms with van der Waals surface area (Å²) in [6.45, 7) is 8.55. The summed E-state index contributed by atoms with van der Waals surface area (Å²) in [6.07, 6.45) is 0.796. The molecule has 15 heavy (non-hydrogen) atoms. The van der Waals surface area contributed by atoms with Gasteiger partial charge in [0.25, 0.3) is 5.56 Å². The third kappa shape index (κ3) is 3.16. The Hall–Kier alpha value is -1.16. The smallest absolute Gasteiger partial charge is 0.254 e. The van der Waals surface area contributed by atoms with Crippen LogP contribution in [0, 0.1) is 6.92 Å². The summed E-state index contributed by atoms with van der Waals surface area (Å²) in [5, 5.41) is 3.23. The van der Waals surface area contributed by atoms with Crippen LogP contribution in [0.1, 0.15) is 37.9 Å². The number of hydrogen-bond acceptors (Lipinski definition) is 3. The predicted octanol–water partition coefficient (Wildman–Crippen LogP) is 1.14. The number of H-pyrrole nitrogens is 1. The van der Waals surface area contributed by atoms with Crippen LogP contribution in [0.15, 0.2) is 4.79 Å². The maximum absolute atomic E-state index is 11.5. The Morgan fingerprint density at radius 1 is 1.47 bits per heavy atom. The maximum atomic E-state index is 11.5. The molecule has 0 fully saturated rings. The van der Waals surface area contributed by atoms with Crippen LogP contribution < -0.4 is 10.9 Å². The topological polar surface area (TPSA) is 57.8 Å². The van der Waals surface area contributed by atoms with Gasteiger partial charge in [-0.05, 0) is 13.3 Å². The molecule has 1 rings (SSSR count). The molecule has 1 aromatic heterocycles. The highest BCUT2D eigenvalue weighted by Gasteiger charge is 2.05. The van der Waals surface area contributed by atoms with Crippen molar-refractivity contribution in [1.29, 1.82) is 0 Å². The number of aryl methyl sites for hydroxylation is 1. The second kappa shape index (κ2) is 5.07. The van der Waals surface area contributed by atoms with E-state index in [2.05, 4.69) is 29.1 Å². The fraction of sp³-hybridized carbons (Fsp3) is 0.636.